The standard InChI is InChI=1S/C27H35N3O5/c1-17(2)35-23-15-21-19(14-22(23)32-5)6-7-20-24(26(31)29-10-13-34-16-27(29,3)4)28-25(30(20)21)18-8-11-33-12-9-18/h8,14-15,17H,6-7,9-13,16H2,1-5H3. The first kappa shape index (κ1) is 23.9. The number of imidazole rings is 1. The zero-order valence-electron chi connectivity index (χ0n) is 21.3. The van der Waals surface area contributed by atoms with Gasteiger partial charge in [0.25, 0.3) is 5.91 Å². The van der Waals surface area contributed by atoms with Gasteiger partial charge in [0.15, 0.2) is 17.2 Å². The van der Waals surface area contributed by atoms with Crippen molar-refractivity contribution in [1.29, 1.82) is 0 Å². The third kappa shape index (κ3) is 4.34. The van der Waals surface area contributed by atoms with Crippen LogP contribution in [0.25, 0.3) is 11.3 Å². The Bertz CT molecular complexity index is 1160. The van der Waals surface area contributed by atoms with Crippen LogP contribution in [0.5, 0.6) is 11.5 Å². The van der Waals surface area contributed by atoms with Gasteiger partial charge in [-0.25, -0.2) is 4.98 Å². The maximum atomic E-state index is 13.9. The maximum absolute atomic E-state index is 13.9. The van der Waals surface area contributed by atoms with Crippen LogP contribution < -0.4 is 9.47 Å². The van der Waals surface area contributed by atoms with Gasteiger partial charge in [0.2, 0.25) is 0 Å². The molecule has 0 atom stereocenters. The molecule has 4 heterocycles. The Morgan fingerprint density at radius 3 is 2.63 bits per heavy atom. The molecule has 1 aromatic heterocycles. The quantitative estimate of drug-likeness (QED) is 0.646. The molecule has 1 saturated heterocycles. The third-order valence-corrected chi connectivity index (χ3v) is 6.92. The van der Waals surface area contributed by atoms with Crippen molar-refractivity contribution in [3.8, 4) is 17.2 Å². The first-order valence-electron chi connectivity index (χ1n) is 12.5. The van der Waals surface area contributed by atoms with Gasteiger partial charge in [-0.05, 0) is 64.2 Å². The first-order chi connectivity index (χ1) is 16.8. The summed E-state index contributed by atoms with van der Waals surface area (Å²) in [4.78, 5) is 20.9. The van der Waals surface area contributed by atoms with Crippen molar-refractivity contribution in [2.24, 2.45) is 0 Å². The number of hydrogen-bond donors (Lipinski definition) is 0. The van der Waals surface area contributed by atoms with Gasteiger partial charge in [-0.2, -0.15) is 0 Å². The molecule has 0 saturated carbocycles. The highest BCUT2D eigenvalue weighted by molar-refractivity contribution is 5.95. The molecular weight excluding hydrogens is 446 g/mol. The van der Waals surface area contributed by atoms with Crippen molar-refractivity contribution in [2.45, 2.75) is 58.6 Å². The number of amides is 1. The van der Waals surface area contributed by atoms with Gasteiger partial charge in [0.1, 0.15) is 5.82 Å². The van der Waals surface area contributed by atoms with Gasteiger partial charge in [-0.1, -0.05) is 6.08 Å². The van der Waals surface area contributed by atoms with Gasteiger partial charge in [0, 0.05) is 12.6 Å². The van der Waals surface area contributed by atoms with Gasteiger partial charge < -0.3 is 23.8 Å². The lowest BCUT2D eigenvalue weighted by Gasteiger charge is -2.41. The zero-order valence-corrected chi connectivity index (χ0v) is 21.3. The first-order valence-corrected chi connectivity index (χ1v) is 12.5. The van der Waals surface area contributed by atoms with Crippen molar-refractivity contribution in [2.75, 3.05) is 40.1 Å². The second-order valence-electron chi connectivity index (χ2n) is 10.2. The van der Waals surface area contributed by atoms with E-state index < -0.39 is 0 Å². The Hall–Kier alpha value is -2.84. The molecule has 188 valence electrons. The van der Waals surface area contributed by atoms with E-state index in [0.717, 1.165) is 53.4 Å². The number of carbonyl (C=O) groups is 1. The smallest absolute Gasteiger partial charge is 0.274 e. The molecule has 0 radical (unpaired) electrons. The lowest BCUT2D eigenvalue weighted by molar-refractivity contribution is -0.0373. The summed E-state index contributed by atoms with van der Waals surface area (Å²) in [6.07, 6.45) is 4.37. The number of morpholine rings is 1. The molecule has 0 aliphatic carbocycles. The Morgan fingerprint density at radius 1 is 1.11 bits per heavy atom. The summed E-state index contributed by atoms with van der Waals surface area (Å²) in [7, 11) is 1.67. The summed E-state index contributed by atoms with van der Waals surface area (Å²) in [5.41, 5.74) is 4.36. The normalized spacial score (nSPS) is 19.1. The number of fused-ring (bicyclic) bond motifs is 3. The van der Waals surface area contributed by atoms with Crippen LogP contribution >= 0.6 is 0 Å². The number of methoxy groups -OCH3 is 1. The second kappa shape index (κ2) is 9.32. The van der Waals surface area contributed by atoms with E-state index in [2.05, 4.69) is 16.7 Å². The summed E-state index contributed by atoms with van der Waals surface area (Å²) in [6, 6.07) is 4.10. The molecule has 0 spiro atoms. The number of rotatable bonds is 5. The molecule has 2 aromatic rings. The summed E-state index contributed by atoms with van der Waals surface area (Å²) < 4.78 is 25.1. The number of benzene rings is 1. The summed E-state index contributed by atoms with van der Waals surface area (Å²) >= 11 is 0. The Kier molecular flexibility index (Phi) is 6.36. The summed E-state index contributed by atoms with van der Waals surface area (Å²) in [5.74, 6) is 2.20. The highest BCUT2D eigenvalue weighted by atomic mass is 16.5. The molecule has 0 unspecified atom stereocenters. The van der Waals surface area contributed by atoms with Gasteiger partial charge in [0.05, 0.1) is 56.6 Å². The molecule has 0 N–H and O–H groups in total. The van der Waals surface area contributed by atoms with Crippen LogP contribution in [0.1, 0.15) is 61.7 Å². The predicted octanol–water partition coefficient (Wildman–Crippen LogP) is 3.82. The van der Waals surface area contributed by atoms with Crippen molar-refractivity contribution < 1.29 is 23.7 Å². The largest absolute Gasteiger partial charge is 0.493 e. The zero-order chi connectivity index (χ0) is 24.7. The second-order valence-corrected chi connectivity index (χ2v) is 10.2. The van der Waals surface area contributed by atoms with Gasteiger partial charge in [-0.3, -0.25) is 9.36 Å². The molecule has 1 aromatic carbocycles. The highest BCUT2D eigenvalue weighted by Crippen LogP contribution is 2.40. The Morgan fingerprint density at radius 2 is 1.94 bits per heavy atom. The molecule has 3 aliphatic heterocycles. The lowest BCUT2D eigenvalue weighted by Crippen LogP contribution is -2.55. The minimum Gasteiger partial charge on any atom is -0.493 e. The molecule has 0 bridgehead atoms. The minimum absolute atomic E-state index is 0.00570. The molecule has 35 heavy (non-hydrogen) atoms. The number of aryl methyl sites for hydroxylation is 1. The minimum atomic E-state index is -0.387. The topological polar surface area (TPSA) is 75.1 Å². The third-order valence-electron chi connectivity index (χ3n) is 6.92. The molecule has 3 aliphatic rings. The van der Waals surface area contributed by atoms with Crippen molar-refractivity contribution in [3.05, 3.63) is 41.0 Å². The average Bonchev–Trinajstić information content (AvgIpc) is 3.23. The van der Waals surface area contributed by atoms with Crippen LogP contribution in [0.15, 0.2) is 18.2 Å². The van der Waals surface area contributed by atoms with Crippen LogP contribution in [0, 0.1) is 0 Å². The molecule has 1 fully saturated rings. The fourth-order valence-electron chi connectivity index (χ4n) is 5.18. The van der Waals surface area contributed by atoms with E-state index in [-0.39, 0.29) is 17.6 Å². The van der Waals surface area contributed by atoms with Crippen LogP contribution in [-0.2, 0) is 22.3 Å². The van der Waals surface area contributed by atoms with E-state index in [0.29, 0.717) is 44.4 Å². The lowest BCUT2D eigenvalue weighted by atomic mass is 9.97. The average molecular weight is 482 g/mol. The number of hydrogen-bond acceptors (Lipinski definition) is 6. The fraction of sp³-hybridized carbons (Fsp3) is 0.556. The number of ether oxygens (including phenoxy) is 4. The Labute approximate surface area is 206 Å². The molecular formula is C27H35N3O5. The van der Waals surface area contributed by atoms with E-state index >= 15 is 0 Å². The summed E-state index contributed by atoms with van der Waals surface area (Å²) in [6.45, 7) is 10.9. The van der Waals surface area contributed by atoms with E-state index in [9.17, 15) is 4.79 Å². The monoisotopic (exact) mass is 481 g/mol. The van der Waals surface area contributed by atoms with E-state index in [1.54, 1.807) is 7.11 Å². The van der Waals surface area contributed by atoms with Crippen LogP contribution in [0.3, 0.4) is 0 Å². The number of carbonyl (C=O) groups excluding carboxylic acids is 1. The van der Waals surface area contributed by atoms with Crippen molar-refractivity contribution in [3.63, 3.8) is 0 Å². The molecule has 5 rings (SSSR count). The molecule has 8 nitrogen and oxygen atoms in total. The highest BCUT2D eigenvalue weighted by Gasteiger charge is 2.38. The number of aromatic nitrogens is 2. The van der Waals surface area contributed by atoms with Gasteiger partial charge >= 0.3 is 0 Å². The fourth-order valence-corrected chi connectivity index (χ4v) is 5.18. The van der Waals surface area contributed by atoms with Crippen LogP contribution in [-0.4, -0.2) is 72.1 Å². The summed E-state index contributed by atoms with van der Waals surface area (Å²) in [5, 5.41) is 0. The van der Waals surface area contributed by atoms with Crippen LogP contribution in [0.2, 0.25) is 0 Å². The SMILES string of the molecule is COc1cc2c(cc1OC(C)C)-n1c(C3=CCOCC3)nc(C(=O)N3CCOCC3(C)C)c1CC2. The van der Waals surface area contributed by atoms with E-state index in [1.165, 1.54) is 0 Å². The van der Waals surface area contributed by atoms with Crippen LogP contribution in [0.4, 0.5) is 0 Å². The molecule has 1 amide bonds. The maximum Gasteiger partial charge on any atom is 0.274 e. The predicted molar refractivity (Wildman–Crippen MR) is 133 cm³/mol. The van der Waals surface area contributed by atoms with Crippen molar-refractivity contribution in [1.82, 2.24) is 14.5 Å². The van der Waals surface area contributed by atoms with Crippen molar-refractivity contribution >= 4 is 11.5 Å². The Balaban J connectivity index is 1.67. The van der Waals surface area contributed by atoms with Gasteiger partial charge in [-0.15, -0.1) is 0 Å². The van der Waals surface area contributed by atoms with E-state index in [4.69, 9.17) is 23.9 Å². The number of nitrogens with zero attached hydrogens (tertiary/aromatic N) is 3. The molecule has 8 heteroatoms. The van der Waals surface area contributed by atoms with E-state index in [1.807, 2.05) is 38.7 Å².